The maximum atomic E-state index is 12.3. The van der Waals surface area contributed by atoms with Gasteiger partial charge in [-0.05, 0) is 66.8 Å². The van der Waals surface area contributed by atoms with Gasteiger partial charge in [0.05, 0.1) is 60.0 Å². The van der Waals surface area contributed by atoms with Crippen molar-refractivity contribution in [3.05, 3.63) is 118 Å². The van der Waals surface area contributed by atoms with Crippen LogP contribution in [-0.2, 0) is 37.2 Å². The van der Waals surface area contributed by atoms with E-state index in [1.807, 2.05) is 54.6 Å². The van der Waals surface area contributed by atoms with Crippen LogP contribution in [0, 0.1) is 18.3 Å². The molecule has 3 aromatic carbocycles. The largest absolute Gasteiger partial charge is 0.493 e. The minimum Gasteiger partial charge on any atom is -0.493 e. The van der Waals surface area contributed by atoms with Crippen molar-refractivity contribution in [2.24, 2.45) is 0 Å². The van der Waals surface area contributed by atoms with Gasteiger partial charge in [0.15, 0.2) is 5.89 Å². The first-order chi connectivity index (χ1) is 25.9. The number of hydrogen-bond donors (Lipinski definition) is 1. The van der Waals surface area contributed by atoms with E-state index < -0.39 is 5.97 Å². The standard InChI is InChI=1S/C41H37N5O7/c1-25-43-32(24-52-25)11-14-51-37-19-31(41(47)48)17-35-40(37)45-38(46(35)22-33-12-15-49-33)20-29-10-9-28-18-36(29)50-13-3-4-27-16-26(21-42)7-8-30(27)23-53-39-6-2-5-34(28)44-39/h2,5-10,16-19,24,33H,3-4,11-15,20,22-23H2,1H3,(H,47,48)/t33-/m0/s1. The minimum atomic E-state index is -1.06. The molecule has 6 aromatic rings. The Labute approximate surface area is 305 Å². The number of carboxylic acid groups (broad SMARTS) is 1. The fraction of sp³-hybridized carbons (Fsp3) is 0.293. The third kappa shape index (κ3) is 7.43. The van der Waals surface area contributed by atoms with Gasteiger partial charge in [0.25, 0.3) is 0 Å². The number of aromatic carboxylic acids is 1. The van der Waals surface area contributed by atoms with Crippen molar-refractivity contribution >= 4 is 17.0 Å². The molecule has 1 atom stereocenters. The summed E-state index contributed by atoms with van der Waals surface area (Å²) in [6.45, 7) is 4.03. The highest BCUT2D eigenvalue weighted by Gasteiger charge is 2.25. The number of nitriles is 1. The van der Waals surface area contributed by atoms with E-state index in [1.54, 1.807) is 19.3 Å². The van der Waals surface area contributed by atoms with Crippen molar-refractivity contribution in [1.29, 1.82) is 5.26 Å². The van der Waals surface area contributed by atoms with E-state index >= 15 is 0 Å². The molecule has 1 N–H and O–H groups in total. The number of hydrogen-bond acceptors (Lipinski definition) is 10. The van der Waals surface area contributed by atoms with Gasteiger partial charge in [-0.1, -0.05) is 24.3 Å². The second kappa shape index (κ2) is 14.8. The van der Waals surface area contributed by atoms with Gasteiger partial charge in [-0.2, -0.15) is 5.26 Å². The van der Waals surface area contributed by atoms with Crippen LogP contribution in [0.5, 0.6) is 17.4 Å². The quantitative estimate of drug-likeness (QED) is 0.167. The Bertz CT molecular complexity index is 2350. The molecule has 12 nitrogen and oxygen atoms in total. The van der Waals surface area contributed by atoms with Crippen LogP contribution in [-0.4, -0.2) is 56.5 Å². The normalized spacial score (nSPS) is 15.3. The molecular weight excluding hydrogens is 674 g/mol. The summed E-state index contributed by atoms with van der Waals surface area (Å²) in [7, 11) is 0. The van der Waals surface area contributed by atoms with Gasteiger partial charge in [0.1, 0.15) is 35.7 Å². The van der Waals surface area contributed by atoms with Crippen molar-refractivity contribution in [2.45, 2.75) is 58.3 Å². The molecule has 0 saturated carbocycles. The molecule has 8 rings (SSSR count). The monoisotopic (exact) mass is 711 g/mol. The van der Waals surface area contributed by atoms with Crippen LogP contribution < -0.4 is 14.2 Å². The summed E-state index contributed by atoms with van der Waals surface area (Å²) < 4.78 is 32.1. The highest BCUT2D eigenvalue weighted by molar-refractivity contribution is 5.95. The van der Waals surface area contributed by atoms with Gasteiger partial charge in [0, 0.05) is 43.6 Å². The molecule has 0 radical (unpaired) electrons. The van der Waals surface area contributed by atoms with E-state index in [2.05, 4.69) is 15.6 Å². The number of fused-ring (bicyclic) bond motifs is 7. The zero-order valence-electron chi connectivity index (χ0n) is 29.2. The van der Waals surface area contributed by atoms with E-state index in [0.29, 0.717) is 85.5 Å². The zero-order chi connectivity index (χ0) is 36.3. The van der Waals surface area contributed by atoms with Crippen molar-refractivity contribution in [2.75, 3.05) is 19.8 Å². The number of rotatable bonds is 9. The van der Waals surface area contributed by atoms with E-state index in [-0.39, 0.29) is 18.3 Å². The van der Waals surface area contributed by atoms with Gasteiger partial charge < -0.3 is 33.0 Å². The molecule has 5 heterocycles. The summed E-state index contributed by atoms with van der Waals surface area (Å²) in [5, 5.41) is 19.6. The Balaban J connectivity index is 1.15. The molecule has 0 unspecified atom stereocenters. The maximum Gasteiger partial charge on any atom is 0.335 e. The molecule has 0 amide bonds. The van der Waals surface area contributed by atoms with Gasteiger partial charge in [0.2, 0.25) is 5.88 Å². The number of nitrogens with zero attached hydrogens (tertiary/aromatic N) is 5. The SMILES string of the molecule is Cc1nc(CCOc2cc(C(=O)O)cc3c2nc(Cc2ccc4cc2OCCCc2cc(C#N)ccc2COc2cccc-4n2)n3C[C@@H]2CCO2)co1. The van der Waals surface area contributed by atoms with Gasteiger partial charge in [-0.3, -0.25) is 0 Å². The third-order valence-electron chi connectivity index (χ3n) is 9.60. The average molecular weight is 712 g/mol. The first-order valence-corrected chi connectivity index (χ1v) is 17.7. The Morgan fingerprint density at radius 3 is 2.74 bits per heavy atom. The molecule has 3 aromatic heterocycles. The molecule has 2 aliphatic rings. The number of pyridine rings is 1. The lowest BCUT2D eigenvalue weighted by Crippen LogP contribution is -2.31. The molecule has 1 saturated heterocycles. The molecular formula is C41H37N5O7. The number of benzene rings is 3. The molecule has 0 aliphatic carbocycles. The zero-order valence-corrected chi connectivity index (χ0v) is 29.2. The van der Waals surface area contributed by atoms with Crippen LogP contribution in [0.15, 0.2) is 77.4 Å². The fourth-order valence-electron chi connectivity index (χ4n) is 6.72. The third-order valence-corrected chi connectivity index (χ3v) is 9.60. The van der Waals surface area contributed by atoms with Crippen LogP contribution >= 0.6 is 0 Å². The second-order valence-electron chi connectivity index (χ2n) is 13.2. The fourth-order valence-corrected chi connectivity index (χ4v) is 6.72. The summed E-state index contributed by atoms with van der Waals surface area (Å²) in [5.41, 5.74) is 7.27. The summed E-state index contributed by atoms with van der Waals surface area (Å²) in [5.74, 6) is 1.83. The average Bonchev–Trinajstić information content (AvgIpc) is 3.73. The molecule has 1 fully saturated rings. The van der Waals surface area contributed by atoms with Crippen LogP contribution in [0.3, 0.4) is 0 Å². The maximum absolute atomic E-state index is 12.3. The molecule has 12 heteroatoms. The Morgan fingerprint density at radius 2 is 1.94 bits per heavy atom. The van der Waals surface area contributed by atoms with E-state index in [0.717, 1.165) is 52.3 Å². The van der Waals surface area contributed by atoms with Gasteiger partial charge >= 0.3 is 5.97 Å². The molecule has 268 valence electrons. The highest BCUT2D eigenvalue weighted by atomic mass is 16.5. The minimum absolute atomic E-state index is 0.0129. The van der Waals surface area contributed by atoms with Crippen molar-refractivity contribution in [1.82, 2.24) is 19.5 Å². The predicted octanol–water partition coefficient (Wildman–Crippen LogP) is 6.87. The topological polar surface area (TPSA) is 155 Å². The molecule has 2 aliphatic heterocycles. The number of ether oxygens (including phenoxy) is 4. The van der Waals surface area contributed by atoms with Crippen LogP contribution in [0.1, 0.15) is 62.9 Å². The number of oxazole rings is 1. The van der Waals surface area contributed by atoms with Crippen LogP contribution in [0.4, 0.5) is 0 Å². The van der Waals surface area contributed by atoms with Gasteiger partial charge in [-0.15, -0.1) is 0 Å². The summed E-state index contributed by atoms with van der Waals surface area (Å²) >= 11 is 0. The number of imidazole rings is 1. The first-order valence-electron chi connectivity index (χ1n) is 17.7. The van der Waals surface area contributed by atoms with Crippen LogP contribution in [0.25, 0.3) is 22.3 Å². The Kier molecular flexibility index (Phi) is 9.48. The smallest absolute Gasteiger partial charge is 0.335 e. The van der Waals surface area contributed by atoms with Gasteiger partial charge in [-0.25, -0.2) is 19.7 Å². The summed E-state index contributed by atoms with van der Waals surface area (Å²) in [4.78, 5) is 26.5. The first kappa shape index (κ1) is 33.9. The van der Waals surface area contributed by atoms with Crippen molar-refractivity contribution in [3.63, 3.8) is 0 Å². The molecule has 0 spiro atoms. The van der Waals surface area contributed by atoms with E-state index in [9.17, 15) is 15.2 Å². The second-order valence-corrected chi connectivity index (χ2v) is 13.2. The van der Waals surface area contributed by atoms with Crippen LogP contribution in [0.2, 0.25) is 0 Å². The predicted molar refractivity (Wildman–Crippen MR) is 193 cm³/mol. The number of carbonyl (C=O) groups is 1. The Morgan fingerprint density at radius 1 is 1.04 bits per heavy atom. The van der Waals surface area contributed by atoms with Crippen molar-refractivity contribution in [3.8, 4) is 34.7 Å². The lowest BCUT2D eigenvalue weighted by Gasteiger charge is -2.27. The number of aromatic nitrogens is 4. The van der Waals surface area contributed by atoms with E-state index in [1.165, 1.54) is 6.07 Å². The Hall–Kier alpha value is -6.19. The molecule has 53 heavy (non-hydrogen) atoms. The lowest BCUT2D eigenvalue weighted by molar-refractivity contribution is -0.0589. The number of carboxylic acids is 1. The molecule has 4 bridgehead atoms. The lowest BCUT2D eigenvalue weighted by atomic mass is 10.0. The highest BCUT2D eigenvalue weighted by Crippen LogP contribution is 2.34. The number of aryl methyl sites for hydroxylation is 2. The van der Waals surface area contributed by atoms with E-state index in [4.69, 9.17) is 33.3 Å². The summed E-state index contributed by atoms with van der Waals surface area (Å²) in [6.07, 6.45) is 4.80. The summed E-state index contributed by atoms with van der Waals surface area (Å²) in [6, 6.07) is 22.8. The van der Waals surface area contributed by atoms with Crippen molar-refractivity contribution < 1.29 is 33.3 Å².